The van der Waals surface area contributed by atoms with Crippen LogP contribution < -0.4 is 11.1 Å². The number of nitrogen functional groups attached to an aromatic ring is 1. The van der Waals surface area contributed by atoms with Gasteiger partial charge in [0, 0.05) is 11.7 Å². The van der Waals surface area contributed by atoms with Crippen molar-refractivity contribution in [2.24, 2.45) is 0 Å². The summed E-state index contributed by atoms with van der Waals surface area (Å²) in [6.07, 6.45) is 2.06. The van der Waals surface area contributed by atoms with Crippen LogP contribution in [0.1, 0.15) is 30.5 Å². The highest BCUT2D eigenvalue weighted by Gasteiger charge is 2.12. The van der Waals surface area contributed by atoms with E-state index >= 15 is 0 Å². The van der Waals surface area contributed by atoms with Crippen molar-refractivity contribution in [1.82, 2.24) is 5.32 Å². The van der Waals surface area contributed by atoms with Crippen molar-refractivity contribution < 1.29 is 0 Å². The fraction of sp³-hybridized carbons (Fsp3) is 0.294. The van der Waals surface area contributed by atoms with Crippen molar-refractivity contribution in [1.29, 1.82) is 0 Å². The molecule has 2 nitrogen and oxygen atoms in total. The zero-order valence-electron chi connectivity index (χ0n) is 12.3. The number of nitrogens with one attached hydrogen (secondary N) is 1. The third-order valence-electron chi connectivity index (χ3n) is 3.32. The predicted octanol–water partition coefficient (Wildman–Crippen LogP) is 4.40. The van der Waals surface area contributed by atoms with Crippen molar-refractivity contribution in [3.8, 4) is 0 Å². The molecule has 2 rings (SSSR count). The molecule has 0 aliphatic rings. The van der Waals surface area contributed by atoms with E-state index in [0.717, 1.165) is 25.1 Å². The summed E-state index contributed by atoms with van der Waals surface area (Å²) in [6.45, 7) is 3.21. The molecule has 0 saturated heterocycles. The van der Waals surface area contributed by atoms with Crippen molar-refractivity contribution in [3.63, 3.8) is 0 Å². The summed E-state index contributed by atoms with van der Waals surface area (Å²) in [4.78, 5) is 0. The van der Waals surface area contributed by atoms with Crippen LogP contribution in [0.4, 0.5) is 5.69 Å². The van der Waals surface area contributed by atoms with Crippen LogP contribution in [0.25, 0.3) is 0 Å². The number of rotatable bonds is 6. The number of hydrogen-bond donors (Lipinski definition) is 2. The number of benzene rings is 2. The molecule has 0 bridgehead atoms. The molecule has 0 amide bonds. The average Bonchev–Trinajstić information content (AvgIpc) is 2.46. The summed E-state index contributed by atoms with van der Waals surface area (Å²) in [5.41, 5.74) is 9.45. The summed E-state index contributed by atoms with van der Waals surface area (Å²) in [5, 5.41) is 3.61. The Morgan fingerprint density at radius 2 is 1.57 bits per heavy atom. The second-order valence-electron chi connectivity index (χ2n) is 4.82. The van der Waals surface area contributed by atoms with E-state index in [4.69, 9.17) is 5.73 Å². The maximum atomic E-state index is 6.05. The van der Waals surface area contributed by atoms with Gasteiger partial charge in [-0.25, -0.2) is 0 Å². The van der Waals surface area contributed by atoms with Crippen LogP contribution in [0.2, 0.25) is 0 Å². The van der Waals surface area contributed by atoms with Gasteiger partial charge in [0.05, 0.1) is 0 Å². The molecule has 1 unspecified atom stereocenters. The van der Waals surface area contributed by atoms with Crippen LogP contribution in [-0.2, 0) is 6.42 Å². The Labute approximate surface area is 140 Å². The van der Waals surface area contributed by atoms with Gasteiger partial charge in [0.1, 0.15) is 0 Å². The molecular formula is C17H24Cl2N2. The Kier molecular flexibility index (Phi) is 9.89. The molecule has 21 heavy (non-hydrogen) atoms. The monoisotopic (exact) mass is 326 g/mol. The minimum absolute atomic E-state index is 0. The van der Waals surface area contributed by atoms with Crippen LogP contribution in [0.15, 0.2) is 54.6 Å². The second kappa shape index (κ2) is 10.5. The molecule has 0 aromatic heterocycles. The van der Waals surface area contributed by atoms with Crippen molar-refractivity contribution in [2.45, 2.75) is 25.8 Å². The van der Waals surface area contributed by atoms with E-state index in [0.29, 0.717) is 6.04 Å². The van der Waals surface area contributed by atoms with Crippen LogP contribution in [0.3, 0.4) is 0 Å². The Morgan fingerprint density at radius 3 is 2.19 bits per heavy atom. The number of para-hydroxylation sites is 1. The Bertz CT molecular complexity index is 503. The third-order valence-corrected chi connectivity index (χ3v) is 3.32. The second-order valence-corrected chi connectivity index (χ2v) is 4.82. The highest BCUT2D eigenvalue weighted by atomic mass is 35.5. The zero-order chi connectivity index (χ0) is 13.5. The molecule has 2 aromatic rings. The molecule has 0 aliphatic heterocycles. The molecule has 2 aromatic carbocycles. The molecule has 3 N–H and O–H groups in total. The van der Waals surface area contributed by atoms with Gasteiger partial charge >= 0.3 is 0 Å². The minimum Gasteiger partial charge on any atom is -0.399 e. The lowest BCUT2D eigenvalue weighted by Gasteiger charge is -2.20. The summed E-state index contributed by atoms with van der Waals surface area (Å²) < 4.78 is 0. The number of anilines is 1. The lowest BCUT2D eigenvalue weighted by atomic mass is 9.98. The Balaban J connectivity index is 0.00000200. The number of halogens is 2. The first-order valence-corrected chi connectivity index (χ1v) is 6.93. The molecule has 1 atom stereocenters. The van der Waals surface area contributed by atoms with Crippen LogP contribution in [-0.4, -0.2) is 6.54 Å². The van der Waals surface area contributed by atoms with E-state index in [9.17, 15) is 0 Å². The van der Waals surface area contributed by atoms with E-state index < -0.39 is 0 Å². The number of nitrogens with two attached hydrogens (primary N) is 1. The standard InChI is InChI=1S/C17H22N2.2ClH/c1-2-12-19-17(14-8-4-3-5-9-14)13-15-10-6-7-11-16(15)18;;/h3-11,17,19H,2,12-13,18H2,1H3;2*1H. The molecular weight excluding hydrogens is 303 g/mol. The summed E-state index contributed by atoms with van der Waals surface area (Å²) in [5.74, 6) is 0. The molecule has 0 fully saturated rings. The van der Waals surface area contributed by atoms with Gasteiger partial charge in [-0.1, -0.05) is 55.5 Å². The molecule has 0 radical (unpaired) electrons. The first-order valence-electron chi connectivity index (χ1n) is 6.93. The maximum Gasteiger partial charge on any atom is 0.0361 e. The highest BCUT2D eigenvalue weighted by molar-refractivity contribution is 5.85. The van der Waals surface area contributed by atoms with E-state index in [1.54, 1.807) is 0 Å². The Morgan fingerprint density at radius 1 is 0.952 bits per heavy atom. The maximum absolute atomic E-state index is 6.05. The van der Waals surface area contributed by atoms with Gasteiger partial charge in [0.25, 0.3) is 0 Å². The van der Waals surface area contributed by atoms with Crippen molar-refractivity contribution >= 4 is 30.5 Å². The van der Waals surface area contributed by atoms with E-state index in [2.05, 4.69) is 48.6 Å². The van der Waals surface area contributed by atoms with Crippen LogP contribution >= 0.6 is 24.8 Å². The molecule has 116 valence electrons. The third kappa shape index (κ3) is 5.96. The van der Waals surface area contributed by atoms with Crippen molar-refractivity contribution in [3.05, 3.63) is 65.7 Å². The van der Waals surface area contributed by atoms with Gasteiger partial charge in [-0.05, 0) is 36.6 Å². The lowest BCUT2D eigenvalue weighted by molar-refractivity contribution is 0.530. The molecule has 0 saturated carbocycles. The average molecular weight is 327 g/mol. The molecule has 0 spiro atoms. The fourth-order valence-electron chi connectivity index (χ4n) is 2.25. The molecule has 0 heterocycles. The zero-order valence-corrected chi connectivity index (χ0v) is 13.9. The number of hydrogen-bond acceptors (Lipinski definition) is 2. The fourth-order valence-corrected chi connectivity index (χ4v) is 2.25. The predicted molar refractivity (Wildman–Crippen MR) is 96.5 cm³/mol. The lowest BCUT2D eigenvalue weighted by Crippen LogP contribution is -2.24. The smallest absolute Gasteiger partial charge is 0.0361 e. The Hall–Kier alpha value is -1.22. The summed E-state index contributed by atoms with van der Waals surface area (Å²) in [6, 6.07) is 19.0. The minimum atomic E-state index is 0. The largest absolute Gasteiger partial charge is 0.399 e. The highest BCUT2D eigenvalue weighted by Crippen LogP contribution is 2.21. The van der Waals surface area contributed by atoms with Gasteiger partial charge in [-0.15, -0.1) is 24.8 Å². The van der Waals surface area contributed by atoms with Gasteiger partial charge in [0.2, 0.25) is 0 Å². The summed E-state index contributed by atoms with van der Waals surface area (Å²) >= 11 is 0. The van der Waals surface area contributed by atoms with Gasteiger partial charge < -0.3 is 11.1 Å². The first kappa shape index (κ1) is 19.8. The SMILES string of the molecule is CCCNC(Cc1ccccc1N)c1ccccc1.Cl.Cl. The van der Waals surface area contributed by atoms with E-state index in [-0.39, 0.29) is 24.8 Å². The topological polar surface area (TPSA) is 38.0 Å². The molecule has 0 aliphatic carbocycles. The normalized spacial score (nSPS) is 11.1. The van der Waals surface area contributed by atoms with Gasteiger partial charge in [-0.2, -0.15) is 0 Å². The van der Waals surface area contributed by atoms with Crippen LogP contribution in [0, 0.1) is 0 Å². The quantitative estimate of drug-likeness (QED) is 0.772. The summed E-state index contributed by atoms with van der Waals surface area (Å²) in [7, 11) is 0. The van der Waals surface area contributed by atoms with E-state index in [1.807, 2.05) is 18.2 Å². The van der Waals surface area contributed by atoms with Crippen LogP contribution in [0.5, 0.6) is 0 Å². The van der Waals surface area contributed by atoms with Crippen molar-refractivity contribution in [2.75, 3.05) is 12.3 Å². The van der Waals surface area contributed by atoms with E-state index in [1.165, 1.54) is 11.1 Å². The molecule has 4 heteroatoms. The first-order chi connectivity index (χ1) is 9.31. The van der Waals surface area contributed by atoms with Gasteiger partial charge in [-0.3, -0.25) is 0 Å². The van der Waals surface area contributed by atoms with Gasteiger partial charge in [0.15, 0.2) is 0 Å².